The maximum absolute atomic E-state index is 13.6. The van der Waals surface area contributed by atoms with E-state index >= 15 is 0 Å². The van der Waals surface area contributed by atoms with Gasteiger partial charge in [-0.3, -0.25) is 4.79 Å². The Morgan fingerprint density at radius 2 is 2.26 bits per heavy atom. The molecular weight excluding hydrogens is 243 g/mol. The van der Waals surface area contributed by atoms with Crippen molar-refractivity contribution in [3.05, 3.63) is 47.3 Å². The number of carbonyl (C=O) groups is 1. The zero-order valence-corrected chi connectivity index (χ0v) is 10.9. The standard InChI is InChI=1S/C15H19FN2O/c16-14-7-6-12(15(17)19)8-13(14)10-18-9-11-4-2-1-3-5-11/h1-2,6-8,11,18H,3-5,9-10H2,(H2,17,19). The molecule has 0 bridgehead atoms. The summed E-state index contributed by atoms with van der Waals surface area (Å²) in [7, 11) is 0. The van der Waals surface area contributed by atoms with Crippen molar-refractivity contribution in [3.63, 3.8) is 0 Å². The van der Waals surface area contributed by atoms with Crippen LogP contribution < -0.4 is 11.1 Å². The lowest BCUT2D eigenvalue weighted by molar-refractivity contribution is 0.1000. The molecule has 0 aromatic heterocycles. The van der Waals surface area contributed by atoms with Crippen molar-refractivity contribution in [2.24, 2.45) is 11.7 Å². The normalized spacial score (nSPS) is 18.5. The van der Waals surface area contributed by atoms with Crippen molar-refractivity contribution in [2.75, 3.05) is 6.54 Å². The van der Waals surface area contributed by atoms with Gasteiger partial charge in [-0.05, 0) is 49.9 Å². The quantitative estimate of drug-likeness (QED) is 0.800. The van der Waals surface area contributed by atoms with Gasteiger partial charge >= 0.3 is 0 Å². The fraction of sp³-hybridized carbons (Fsp3) is 0.400. The maximum Gasteiger partial charge on any atom is 0.248 e. The van der Waals surface area contributed by atoms with Gasteiger partial charge in [0, 0.05) is 17.7 Å². The van der Waals surface area contributed by atoms with Crippen molar-refractivity contribution in [3.8, 4) is 0 Å². The van der Waals surface area contributed by atoms with Gasteiger partial charge in [0.1, 0.15) is 5.82 Å². The zero-order chi connectivity index (χ0) is 13.7. The predicted molar refractivity (Wildman–Crippen MR) is 73.1 cm³/mol. The van der Waals surface area contributed by atoms with Crippen LogP contribution in [0.3, 0.4) is 0 Å². The van der Waals surface area contributed by atoms with Gasteiger partial charge in [0.15, 0.2) is 0 Å². The molecule has 4 heteroatoms. The van der Waals surface area contributed by atoms with Gasteiger partial charge in [0.2, 0.25) is 5.91 Å². The third-order valence-electron chi connectivity index (χ3n) is 3.46. The Balaban J connectivity index is 1.89. The van der Waals surface area contributed by atoms with Gasteiger partial charge in [-0.2, -0.15) is 0 Å². The highest BCUT2D eigenvalue weighted by atomic mass is 19.1. The van der Waals surface area contributed by atoms with Gasteiger partial charge in [-0.1, -0.05) is 12.2 Å². The van der Waals surface area contributed by atoms with Crippen LogP contribution in [0.2, 0.25) is 0 Å². The Hall–Kier alpha value is -1.68. The molecule has 0 saturated carbocycles. The Labute approximate surface area is 112 Å². The lowest BCUT2D eigenvalue weighted by atomic mass is 9.94. The first-order valence-electron chi connectivity index (χ1n) is 6.61. The molecule has 3 nitrogen and oxygen atoms in total. The van der Waals surface area contributed by atoms with Gasteiger partial charge < -0.3 is 11.1 Å². The molecule has 3 N–H and O–H groups in total. The van der Waals surface area contributed by atoms with Crippen molar-refractivity contribution in [2.45, 2.75) is 25.8 Å². The Kier molecular flexibility index (Phi) is 4.68. The fourth-order valence-electron chi connectivity index (χ4n) is 2.32. The Morgan fingerprint density at radius 1 is 1.42 bits per heavy atom. The number of rotatable bonds is 5. The topological polar surface area (TPSA) is 55.1 Å². The minimum atomic E-state index is -0.529. The number of hydrogen-bond donors (Lipinski definition) is 2. The summed E-state index contributed by atoms with van der Waals surface area (Å²) in [6.45, 7) is 1.29. The molecule has 1 aromatic carbocycles. The molecule has 1 aromatic rings. The molecule has 0 heterocycles. The summed E-state index contributed by atoms with van der Waals surface area (Å²) in [6.07, 6.45) is 7.78. The highest BCUT2D eigenvalue weighted by Gasteiger charge is 2.11. The van der Waals surface area contributed by atoms with Gasteiger partial charge in [-0.25, -0.2) is 4.39 Å². The molecule has 19 heavy (non-hydrogen) atoms. The second kappa shape index (κ2) is 6.48. The highest BCUT2D eigenvalue weighted by Crippen LogP contribution is 2.17. The van der Waals surface area contributed by atoms with Crippen LogP contribution in [0, 0.1) is 11.7 Å². The van der Waals surface area contributed by atoms with E-state index in [0.717, 1.165) is 19.4 Å². The zero-order valence-electron chi connectivity index (χ0n) is 10.9. The first kappa shape index (κ1) is 13.7. The van der Waals surface area contributed by atoms with Crippen LogP contribution in [0.5, 0.6) is 0 Å². The number of benzene rings is 1. The Morgan fingerprint density at radius 3 is 2.95 bits per heavy atom. The van der Waals surface area contributed by atoms with E-state index in [4.69, 9.17) is 5.73 Å². The number of allylic oxidation sites excluding steroid dienone is 2. The molecule has 1 unspecified atom stereocenters. The molecule has 0 saturated heterocycles. The van der Waals surface area contributed by atoms with Gasteiger partial charge in [-0.15, -0.1) is 0 Å². The molecule has 0 spiro atoms. The lowest BCUT2D eigenvalue weighted by Gasteiger charge is -2.18. The second-order valence-electron chi connectivity index (χ2n) is 4.95. The maximum atomic E-state index is 13.6. The number of nitrogens with two attached hydrogens (primary N) is 1. The Bertz CT molecular complexity index is 485. The first-order valence-corrected chi connectivity index (χ1v) is 6.61. The summed E-state index contributed by atoms with van der Waals surface area (Å²) in [6, 6.07) is 4.22. The number of halogens is 1. The van der Waals surface area contributed by atoms with E-state index < -0.39 is 5.91 Å². The monoisotopic (exact) mass is 262 g/mol. The molecule has 0 radical (unpaired) electrons. The number of amides is 1. The van der Waals surface area contributed by atoms with E-state index in [2.05, 4.69) is 17.5 Å². The van der Waals surface area contributed by atoms with Gasteiger partial charge in [0.25, 0.3) is 0 Å². The summed E-state index contributed by atoms with van der Waals surface area (Å²) in [5.74, 6) is -0.216. The third kappa shape index (κ3) is 3.89. The number of primary amides is 1. The largest absolute Gasteiger partial charge is 0.366 e. The molecular formula is C15H19FN2O. The van der Waals surface area contributed by atoms with Crippen molar-refractivity contribution in [1.82, 2.24) is 5.32 Å². The summed E-state index contributed by atoms with van der Waals surface area (Å²) in [4.78, 5) is 11.1. The average molecular weight is 262 g/mol. The van der Waals surface area contributed by atoms with Crippen LogP contribution in [-0.4, -0.2) is 12.5 Å². The summed E-state index contributed by atoms with van der Waals surface area (Å²) >= 11 is 0. The number of hydrogen-bond acceptors (Lipinski definition) is 2. The highest BCUT2D eigenvalue weighted by molar-refractivity contribution is 5.92. The van der Waals surface area contributed by atoms with Crippen LogP contribution >= 0.6 is 0 Å². The van der Waals surface area contributed by atoms with E-state index in [9.17, 15) is 9.18 Å². The predicted octanol–water partition coefficient (Wildman–Crippen LogP) is 2.37. The average Bonchev–Trinajstić information content (AvgIpc) is 2.42. The third-order valence-corrected chi connectivity index (χ3v) is 3.46. The van der Waals surface area contributed by atoms with Crippen molar-refractivity contribution in [1.29, 1.82) is 0 Å². The number of carbonyl (C=O) groups excluding carboxylic acids is 1. The van der Waals surface area contributed by atoms with Crippen LogP contribution in [0.4, 0.5) is 4.39 Å². The minimum Gasteiger partial charge on any atom is -0.366 e. The van der Waals surface area contributed by atoms with Crippen molar-refractivity contribution < 1.29 is 9.18 Å². The first-order chi connectivity index (χ1) is 9.16. The van der Waals surface area contributed by atoms with Crippen LogP contribution in [-0.2, 0) is 6.54 Å². The molecule has 1 amide bonds. The van der Waals surface area contributed by atoms with Crippen molar-refractivity contribution >= 4 is 5.91 Å². The molecule has 1 aliphatic carbocycles. The molecule has 2 rings (SSSR count). The summed E-state index contributed by atoms with van der Waals surface area (Å²) < 4.78 is 13.6. The lowest BCUT2D eigenvalue weighted by Crippen LogP contribution is -2.24. The molecule has 0 fully saturated rings. The SMILES string of the molecule is NC(=O)c1ccc(F)c(CNCC2CC=CCC2)c1. The summed E-state index contributed by atoms with van der Waals surface area (Å²) in [5.41, 5.74) is 6.02. The number of nitrogens with one attached hydrogen (secondary N) is 1. The smallest absolute Gasteiger partial charge is 0.248 e. The van der Waals surface area contributed by atoms with E-state index in [0.29, 0.717) is 23.6 Å². The van der Waals surface area contributed by atoms with Gasteiger partial charge in [0.05, 0.1) is 0 Å². The van der Waals surface area contributed by atoms with E-state index in [1.807, 2.05) is 0 Å². The molecule has 1 aliphatic rings. The second-order valence-corrected chi connectivity index (χ2v) is 4.95. The molecule has 0 aliphatic heterocycles. The van der Waals surface area contributed by atoms with E-state index in [-0.39, 0.29) is 5.82 Å². The van der Waals surface area contributed by atoms with Crippen LogP contribution in [0.25, 0.3) is 0 Å². The van der Waals surface area contributed by atoms with E-state index in [1.165, 1.54) is 24.6 Å². The van der Waals surface area contributed by atoms with E-state index in [1.54, 1.807) is 0 Å². The molecule has 102 valence electrons. The summed E-state index contributed by atoms with van der Waals surface area (Å²) in [5, 5.41) is 3.25. The van der Waals surface area contributed by atoms with Crippen LogP contribution in [0.1, 0.15) is 35.2 Å². The molecule has 1 atom stereocenters. The van der Waals surface area contributed by atoms with Crippen LogP contribution in [0.15, 0.2) is 30.4 Å². The minimum absolute atomic E-state index is 0.305. The fourth-order valence-corrected chi connectivity index (χ4v) is 2.32.